The molecule has 1 aromatic rings. The minimum Gasteiger partial charge on any atom is -0.481 e. The van der Waals surface area contributed by atoms with Crippen molar-refractivity contribution in [2.45, 2.75) is 19.4 Å². The van der Waals surface area contributed by atoms with E-state index in [2.05, 4.69) is 5.32 Å². The molecule has 0 bridgehead atoms. The van der Waals surface area contributed by atoms with E-state index in [1.165, 1.54) is 17.0 Å². The summed E-state index contributed by atoms with van der Waals surface area (Å²) >= 11 is 0. The Hall–Kier alpha value is -2.11. The molecule has 1 rings (SSSR count). The van der Waals surface area contributed by atoms with E-state index in [0.717, 1.165) is 0 Å². The van der Waals surface area contributed by atoms with Gasteiger partial charge in [0.15, 0.2) is 0 Å². The Morgan fingerprint density at radius 2 is 2.16 bits per heavy atom. The summed E-state index contributed by atoms with van der Waals surface area (Å²) in [6, 6.07) is 5.67. The second-order valence-electron chi connectivity index (χ2n) is 4.21. The number of urea groups is 1. The van der Waals surface area contributed by atoms with Gasteiger partial charge in [-0.1, -0.05) is 12.1 Å². The molecule has 0 atom stereocenters. The standard InChI is InChI=1S/C13H17FN2O3/c1-16(7-3-6-12(17)18)13(19)15-9-10-4-2-5-11(14)8-10/h2,4-5,8H,3,6-7,9H2,1H3,(H,15,19)(H,17,18). The highest BCUT2D eigenvalue weighted by Gasteiger charge is 2.08. The second kappa shape index (κ2) is 7.35. The number of carbonyl (C=O) groups is 2. The van der Waals surface area contributed by atoms with Crippen molar-refractivity contribution in [3.63, 3.8) is 0 Å². The Kier molecular flexibility index (Phi) is 5.78. The summed E-state index contributed by atoms with van der Waals surface area (Å²) in [5, 5.41) is 11.1. The van der Waals surface area contributed by atoms with Crippen molar-refractivity contribution in [3.8, 4) is 0 Å². The van der Waals surface area contributed by atoms with Gasteiger partial charge in [-0.25, -0.2) is 9.18 Å². The smallest absolute Gasteiger partial charge is 0.317 e. The SMILES string of the molecule is CN(CCCC(=O)O)C(=O)NCc1cccc(F)c1. The lowest BCUT2D eigenvalue weighted by Gasteiger charge is -2.17. The van der Waals surface area contributed by atoms with Crippen LogP contribution in [0.3, 0.4) is 0 Å². The molecular weight excluding hydrogens is 251 g/mol. The first kappa shape index (κ1) is 14.9. The van der Waals surface area contributed by atoms with E-state index in [1.807, 2.05) is 0 Å². The molecule has 0 aromatic heterocycles. The van der Waals surface area contributed by atoms with Crippen LogP contribution < -0.4 is 5.32 Å². The van der Waals surface area contributed by atoms with Crippen molar-refractivity contribution in [2.75, 3.05) is 13.6 Å². The van der Waals surface area contributed by atoms with E-state index in [0.29, 0.717) is 18.5 Å². The van der Waals surface area contributed by atoms with Gasteiger partial charge in [-0.15, -0.1) is 0 Å². The van der Waals surface area contributed by atoms with E-state index in [4.69, 9.17) is 5.11 Å². The third-order valence-electron chi connectivity index (χ3n) is 2.56. The van der Waals surface area contributed by atoms with Gasteiger partial charge in [-0.05, 0) is 24.1 Å². The van der Waals surface area contributed by atoms with Crippen LogP contribution in [-0.4, -0.2) is 35.6 Å². The molecule has 104 valence electrons. The molecule has 0 heterocycles. The fourth-order valence-corrected chi connectivity index (χ4v) is 1.53. The first-order valence-corrected chi connectivity index (χ1v) is 5.94. The molecule has 0 radical (unpaired) electrons. The summed E-state index contributed by atoms with van der Waals surface area (Å²) in [5.41, 5.74) is 0.673. The quantitative estimate of drug-likeness (QED) is 0.827. The highest BCUT2D eigenvalue weighted by atomic mass is 19.1. The van der Waals surface area contributed by atoms with Crippen molar-refractivity contribution < 1.29 is 19.1 Å². The Balaban J connectivity index is 2.32. The maximum atomic E-state index is 12.9. The number of nitrogens with one attached hydrogen (secondary N) is 1. The van der Waals surface area contributed by atoms with Crippen LogP contribution in [0.5, 0.6) is 0 Å². The molecule has 6 heteroatoms. The first-order valence-electron chi connectivity index (χ1n) is 5.94. The topological polar surface area (TPSA) is 69.6 Å². The monoisotopic (exact) mass is 268 g/mol. The predicted octanol–water partition coefficient (Wildman–Crippen LogP) is 1.83. The summed E-state index contributed by atoms with van der Waals surface area (Å²) < 4.78 is 12.9. The first-order chi connectivity index (χ1) is 8.99. The lowest BCUT2D eigenvalue weighted by Crippen LogP contribution is -2.37. The zero-order valence-corrected chi connectivity index (χ0v) is 10.7. The minimum atomic E-state index is -0.881. The van der Waals surface area contributed by atoms with Crippen LogP contribution in [0.1, 0.15) is 18.4 Å². The Labute approximate surface area is 111 Å². The van der Waals surface area contributed by atoms with E-state index in [-0.39, 0.29) is 24.8 Å². The van der Waals surface area contributed by atoms with Crippen LogP contribution in [0, 0.1) is 5.82 Å². The summed E-state index contributed by atoms with van der Waals surface area (Å²) in [6.45, 7) is 0.598. The number of benzene rings is 1. The van der Waals surface area contributed by atoms with Crippen LogP contribution in [-0.2, 0) is 11.3 Å². The number of amides is 2. The summed E-state index contributed by atoms with van der Waals surface area (Å²) in [4.78, 5) is 23.4. The number of aliphatic carboxylic acids is 1. The van der Waals surface area contributed by atoms with Gasteiger partial charge in [0.2, 0.25) is 0 Å². The average molecular weight is 268 g/mol. The van der Waals surface area contributed by atoms with Gasteiger partial charge in [0.1, 0.15) is 5.82 Å². The minimum absolute atomic E-state index is 0.0293. The molecule has 0 saturated heterocycles. The number of carbonyl (C=O) groups excluding carboxylic acids is 1. The zero-order valence-electron chi connectivity index (χ0n) is 10.7. The van der Waals surface area contributed by atoms with Crippen LogP contribution in [0.25, 0.3) is 0 Å². The second-order valence-corrected chi connectivity index (χ2v) is 4.21. The maximum absolute atomic E-state index is 12.9. The molecule has 0 fully saturated rings. The average Bonchev–Trinajstić information content (AvgIpc) is 2.35. The van der Waals surface area contributed by atoms with Crippen LogP contribution in [0.4, 0.5) is 9.18 Å². The van der Waals surface area contributed by atoms with Crippen molar-refractivity contribution in [1.29, 1.82) is 0 Å². The Morgan fingerprint density at radius 3 is 2.79 bits per heavy atom. The number of halogens is 1. The number of hydrogen-bond acceptors (Lipinski definition) is 2. The normalized spacial score (nSPS) is 10.0. The highest BCUT2D eigenvalue weighted by Crippen LogP contribution is 2.03. The number of nitrogens with zero attached hydrogens (tertiary/aromatic N) is 1. The number of rotatable bonds is 6. The molecule has 1 aromatic carbocycles. The van der Waals surface area contributed by atoms with E-state index in [9.17, 15) is 14.0 Å². The molecule has 0 spiro atoms. The van der Waals surface area contributed by atoms with Gasteiger partial charge in [0.05, 0.1) is 0 Å². The molecule has 0 aliphatic carbocycles. The summed E-state index contributed by atoms with van der Waals surface area (Å²) in [5.74, 6) is -1.23. The summed E-state index contributed by atoms with van der Waals surface area (Å²) in [7, 11) is 1.59. The lowest BCUT2D eigenvalue weighted by molar-refractivity contribution is -0.137. The van der Waals surface area contributed by atoms with Crippen LogP contribution >= 0.6 is 0 Å². The lowest BCUT2D eigenvalue weighted by atomic mass is 10.2. The molecule has 2 amide bonds. The molecule has 5 nitrogen and oxygen atoms in total. The number of carboxylic acid groups (broad SMARTS) is 1. The maximum Gasteiger partial charge on any atom is 0.317 e. The van der Waals surface area contributed by atoms with Gasteiger partial charge in [0, 0.05) is 26.6 Å². The third-order valence-corrected chi connectivity index (χ3v) is 2.56. The van der Waals surface area contributed by atoms with E-state index < -0.39 is 5.97 Å². The fourth-order valence-electron chi connectivity index (χ4n) is 1.53. The van der Waals surface area contributed by atoms with Gasteiger partial charge >= 0.3 is 12.0 Å². The van der Waals surface area contributed by atoms with E-state index >= 15 is 0 Å². The van der Waals surface area contributed by atoms with Crippen LogP contribution in [0.2, 0.25) is 0 Å². The predicted molar refractivity (Wildman–Crippen MR) is 68.1 cm³/mol. The van der Waals surface area contributed by atoms with Gasteiger partial charge < -0.3 is 15.3 Å². The molecule has 0 saturated carbocycles. The van der Waals surface area contributed by atoms with Crippen LogP contribution in [0.15, 0.2) is 24.3 Å². The van der Waals surface area contributed by atoms with Crippen molar-refractivity contribution in [2.24, 2.45) is 0 Å². The molecule has 19 heavy (non-hydrogen) atoms. The Morgan fingerprint density at radius 1 is 1.42 bits per heavy atom. The largest absolute Gasteiger partial charge is 0.481 e. The molecule has 0 aliphatic heterocycles. The molecule has 2 N–H and O–H groups in total. The van der Waals surface area contributed by atoms with E-state index in [1.54, 1.807) is 19.2 Å². The van der Waals surface area contributed by atoms with Gasteiger partial charge in [-0.2, -0.15) is 0 Å². The van der Waals surface area contributed by atoms with Crippen molar-refractivity contribution in [3.05, 3.63) is 35.6 Å². The van der Waals surface area contributed by atoms with Crippen molar-refractivity contribution in [1.82, 2.24) is 10.2 Å². The highest BCUT2D eigenvalue weighted by molar-refractivity contribution is 5.74. The molecular formula is C13H17FN2O3. The Bertz CT molecular complexity index is 451. The fraction of sp³-hybridized carbons (Fsp3) is 0.385. The number of hydrogen-bond donors (Lipinski definition) is 2. The van der Waals surface area contributed by atoms with Crippen molar-refractivity contribution >= 4 is 12.0 Å². The summed E-state index contributed by atoms with van der Waals surface area (Å²) in [6.07, 6.45) is 0.431. The third kappa shape index (κ3) is 5.85. The van der Waals surface area contributed by atoms with Gasteiger partial charge in [-0.3, -0.25) is 4.79 Å². The molecule has 0 unspecified atom stereocenters. The number of carboxylic acids is 1. The van der Waals surface area contributed by atoms with Gasteiger partial charge in [0.25, 0.3) is 0 Å². The molecule has 0 aliphatic rings. The zero-order chi connectivity index (χ0) is 14.3.